The number of hydrogen-bond donors (Lipinski definition) is 1. The zero-order chi connectivity index (χ0) is 21.2. The fraction of sp³-hybridized carbons (Fsp3) is 0.348. The lowest BCUT2D eigenvalue weighted by Gasteiger charge is -2.43. The molecule has 0 saturated heterocycles. The van der Waals surface area contributed by atoms with E-state index in [1.54, 1.807) is 24.3 Å². The predicted molar refractivity (Wildman–Crippen MR) is 107 cm³/mol. The van der Waals surface area contributed by atoms with Crippen LogP contribution in [0.25, 0.3) is 0 Å². The second kappa shape index (κ2) is 6.40. The molecule has 1 N–H and O–H groups in total. The van der Waals surface area contributed by atoms with E-state index >= 15 is 0 Å². The number of carbonyl (C=O) groups is 1. The molecule has 5 rings (SSSR count). The van der Waals surface area contributed by atoms with Gasteiger partial charge in [0.15, 0.2) is 23.9 Å². The van der Waals surface area contributed by atoms with Crippen LogP contribution in [-0.4, -0.2) is 43.6 Å². The second-order valence-corrected chi connectivity index (χ2v) is 7.85. The Kier molecular flexibility index (Phi) is 4.02. The summed E-state index contributed by atoms with van der Waals surface area (Å²) in [6.07, 6.45) is 0.349. The number of carbonyl (C=O) groups excluding carboxylic acids is 1. The molecule has 3 unspecified atom stereocenters. The Labute approximate surface area is 173 Å². The molecule has 0 aromatic heterocycles. The van der Waals surface area contributed by atoms with Gasteiger partial charge in [0.05, 0.1) is 19.8 Å². The van der Waals surface area contributed by atoms with Gasteiger partial charge < -0.3 is 28.8 Å². The number of rotatable bonds is 3. The van der Waals surface area contributed by atoms with Crippen LogP contribution in [0.1, 0.15) is 34.3 Å². The molecule has 0 fully saturated rings. The van der Waals surface area contributed by atoms with Crippen LogP contribution in [0.2, 0.25) is 0 Å². The van der Waals surface area contributed by atoms with Gasteiger partial charge in [-0.3, -0.25) is 4.79 Å². The number of ether oxygens (including phenoxy) is 5. The first-order chi connectivity index (χ1) is 14.4. The molecule has 156 valence electrons. The summed E-state index contributed by atoms with van der Waals surface area (Å²) in [5.74, 6) is -0.667. The lowest BCUT2D eigenvalue weighted by atomic mass is 9.79. The van der Waals surface area contributed by atoms with Crippen molar-refractivity contribution in [2.24, 2.45) is 0 Å². The van der Waals surface area contributed by atoms with Crippen LogP contribution in [0.5, 0.6) is 28.7 Å². The predicted octanol–water partition coefficient (Wildman–Crippen LogP) is 3.02. The van der Waals surface area contributed by atoms with E-state index in [-0.39, 0.29) is 18.5 Å². The van der Waals surface area contributed by atoms with E-state index in [1.807, 2.05) is 6.92 Å². The number of hydrogen-bond acceptors (Lipinski definition) is 7. The Balaban J connectivity index is 1.63. The van der Waals surface area contributed by atoms with Gasteiger partial charge in [-0.2, -0.15) is 0 Å². The number of benzene rings is 2. The van der Waals surface area contributed by atoms with Gasteiger partial charge in [0.2, 0.25) is 0 Å². The van der Waals surface area contributed by atoms with Crippen molar-refractivity contribution in [3.63, 3.8) is 0 Å². The van der Waals surface area contributed by atoms with E-state index in [9.17, 15) is 9.90 Å². The van der Waals surface area contributed by atoms with Crippen molar-refractivity contribution in [1.29, 1.82) is 0 Å². The quantitative estimate of drug-likeness (QED) is 0.779. The van der Waals surface area contributed by atoms with E-state index in [4.69, 9.17) is 23.7 Å². The van der Waals surface area contributed by atoms with Crippen LogP contribution < -0.4 is 23.7 Å². The molecular formula is C23H22O7. The van der Waals surface area contributed by atoms with Crippen LogP contribution in [0, 0.1) is 0 Å². The largest absolute Gasteiger partial charge is 0.493 e. The number of aliphatic hydroxyl groups is 1. The Morgan fingerprint density at radius 3 is 2.63 bits per heavy atom. The van der Waals surface area contributed by atoms with Gasteiger partial charge in [-0.1, -0.05) is 6.58 Å². The molecule has 3 heterocycles. The van der Waals surface area contributed by atoms with Crippen LogP contribution in [-0.2, 0) is 6.42 Å². The van der Waals surface area contributed by atoms with Crippen molar-refractivity contribution >= 4 is 5.78 Å². The van der Waals surface area contributed by atoms with Gasteiger partial charge in [0.1, 0.15) is 29.3 Å². The van der Waals surface area contributed by atoms with Crippen LogP contribution >= 0.6 is 0 Å². The van der Waals surface area contributed by atoms with Crippen LogP contribution in [0.4, 0.5) is 0 Å². The normalized spacial score (nSPS) is 25.5. The van der Waals surface area contributed by atoms with Gasteiger partial charge >= 0.3 is 0 Å². The Morgan fingerprint density at radius 2 is 1.93 bits per heavy atom. The number of Topliss-reactive ketones (excluding diaryl/α,β-unsaturated/α-hetero) is 1. The van der Waals surface area contributed by atoms with Gasteiger partial charge in [0, 0.05) is 23.6 Å². The molecular weight excluding hydrogens is 388 g/mol. The average Bonchev–Trinajstić information content (AvgIpc) is 3.17. The Hall–Kier alpha value is -3.19. The number of fused-ring (bicyclic) bond motifs is 6. The first kappa shape index (κ1) is 18.8. The zero-order valence-electron chi connectivity index (χ0n) is 17.0. The molecule has 2 aromatic rings. The molecule has 0 aliphatic carbocycles. The lowest BCUT2D eigenvalue weighted by Crippen LogP contribution is -2.55. The smallest absolute Gasteiger partial charge is 0.256 e. The molecule has 0 spiro atoms. The third-order valence-electron chi connectivity index (χ3n) is 5.94. The molecule has 0 bridgehead atoms. The SMILES string of the molecule is C=C(C)C1Cc2c(ccc3c2OC2(O)COc4cc(OC)c(OC)cc4C2C3=O)O1. The maximum Gasteiger partial charge on any atom is 0.256 e. The highest BCUT2D eigenvalue weighted by Crippen LogP contribution is 2.52. The van der Waals surface area contributed by atoms with E-state index in [0.717, 1.165) is 11.1 Å². The minimum Gasteiger partial charge on any atom is -0.493 e. The molecule has 2 aromatic carbocycles. The number of methoxy groups -OCH3 is 2. The maximum absolute atomic E-state index is 13.6. The van der Waals surface area contributed by atoms with Crippen molar-refractivity contribution in [3.8, 4) is 28.7 Å². The first-order valence-corrected chi connectivity index (χ1v) is 9.68. The molecule has 7 nitrogen and oxygen atoms in total. The molecule has 30 heavy (non-hydrogen) atoms. The molecule has 0 amide bonds. The summed E-state index contributed by atoms with van der Waals surface area (Å²) in [4.78, 5) is 13.6. The zero-order valence-corrected chi connectivity index (χ0v) is 17.0. The highest BCUT2D eigenvalue weighted by molar-refractivity contribution is 6.06. The summed E-state index contributed by atoms with van der Waals surface area (Å²) < 4.78 is 28.5. The van der Waals surface area contributed by atoms with Crippen molar-refractivity contribution < 1.29 is 33.6 Å². The van der Waals surface area contributed by atoms with Crippen molar-refractivity contribution in [2.75, 3.05) is 20.8 Å². The molecule has 7 heteroatoms. The standard InChI is InChI=1S/C23H22O7/c1-11(2)16-8-14-15(29-16)6-5-12-21(24)20-13-7-18(26-3)19(27-4)9-17(13)28-10-23(20,25)30-22(12)14/h5-7,9,16,20,25H,1,8,10H2,2-4H3. The van der Waals surface area contributed by atoms with E-state index in [1.165, 1.54) is 14.2 Å². The van der Waals surface area contributed by atoms with Crippen LogP contribution in [0.3, 0.4) is 0 Å². The third kappa shape index (κ3) is 2.51. The van der Waals surface area contributed by atoms with Crippen molar-refractivity contribution in [2.45, 2.75) is 31.2 Å². The molecule has 0 radical (unpaired) electrons. The Morgan fingerprint density at radius 1 is 1.20 bits per heavy atom. The minimum absolute atomic E-state index is 0.183. The minimum atomic E-state index is -1.84. The molecule has 3 aliphatic heterocycles. The summed E-state index contributed by atoms with van der Waals surface area (Å²) >= 11 is 0. The van der Waals surface area contributed by atoms with Gasteiger partial charge in [-0.15, -0.1) is 0 Å². The highest BCUT2D eigenvalue weighted by atomic mass is 16.7. The van der Waals surface area contributed by atoms with Crippen LogP contribution in [0.15, 0.2) is 36.4 Å². The summed E-state index contributed by atoms with van der Waals surface area (Å²) in [6.45, 7) is 5.66. The fourth-order valence-electron chi connectivity index (χ4n) is 4.38. The van der Waals surface area contributed by atoms with E-state index in [2.05, 4.69) is 6.58 Å². The van der Waals surface area contributed by atoms with Gasteiger partial charge in [-0.05, 0) is 30.7 Å². The molecule has 3 atom stereocenters. The van der Waals surface area contributed by atoms with Gasteiger partial charge in [-0.25, -0.2) is 0 Å². The highest BCUT2D eigenvalue weighted by Gasteiger charge is 2.55. The summed E-state index contributed by atoms with van der Waals surface area (Å²) in [5, 5.41) is 11.4. The Bertz CT molecular complexity index is 1090. The summed E-state index contributed by atoms with van der Waals surface area (Å²) in [7, 11) is 3.03. The number of ketones is 1. The fourth-order valence-corrected chi connectivity index (χ4v) is 4.38. The maximum atomic E-state index is 13.6. The summed E-state index contributed by atoms with van der Waals surface area (Å²) in [6, 6.07) is 6.78. The molecule has 0 saturated carbocycles. The molecule has 3 aliphatic rings. The monoisotopic (exact) mass is 410 g/mol. The first-order valence-electron chi connectivity index (χ1n) is 9.68. The van der Waals surface area contributed by atoms with Crippen molar-refractivity contribution in [3.05, 3.63) is 53.1 Å². The van der Waals surface area contributed by atoms with E-state index < -0.39 is 11.7 Å². The van der Waals surface area contributed by atoms with Gasteiger partial charge in [0.25, 0.3) is 5.79 Å². The third-order valence-corrected chi connectivity index (χ3v) is 5.94. The second-order valence-electron chi connectivity index (χ2n) is 7.85. The topological polar surface area (TPSA) is 83.5 Å². The van der Waals surface area contributed by atoms with Crippen molar-refractivity contribution in [1.82, 2.24) is 0 Å². The lowest BCUT2D eigenvalue weighted by molar-refractivity contribution is -0.180. The average molecular weight is 410 g/mol. The van der Waals surface area contributed by atoms with E-state index in [0.29, 0.717) is 46.3 Å². The summed E-state index contributed by atoms with van der Waals surface area (Å²) in [5.41, 5.74) is 2.55.